The van der Waals surface area contributed by atoms with E-state index in [2.05, 4.69) is 55.1 Å². The fourth-order valence-corrected chi connectivity index (χ4v) is 4.78. The average Bonchev–Trinajstić information content (AvgIpc) is 3.47. The van der Waals surface area contributed by atoms with Gasteiger partial charge in [-0.15, -0.1) is 0 Å². The van der Waals surface area contributed by atoms with Crippen LogP contribution in [0.3, 0.4) is 0 Å². The predicted octanol–water partition coefficient (Wildman–Crippen LogP) is 3.45. The highest BCUT2D eigenvalue weighted by Crippen LogP contribution is 2.33. The lowest BCUT2D eigenvalue weighted by Crippen LogP contribution is -2.36. The highest BCUT2D eigenvalue weighted by atomic mass is 16.5. The molecule has 0 aliphatic carbocycles. The van der Waals surface area contributed by atoms with Crippen LogP contribution < -0.4 is 25.6 Å². The number of methoxy groups -OCH3 is 1. The molecule has 5 heterocycles. The van der Waals surface area contributed by atoms with Crippen molar-refractivity contribution in [3.63, 3.8) is 0 Å². The minimum atomic E-state index is 0.291. The van der Waals surface area contributed by atoms with Gasteiger partial charge in [0, 0.05) is 48.8 Å². The zero-order chi connectivity index (χ0) is 25.0. The average molecular weight is 499 g/mol. The number of hydrogen-bond acceptors (Lipinski definition) is 10. The van der Waals surface area contributed by atoms with E-state index >= 15 is 0 Å². The highest BCUT2D eigenvalue weighted by Gasteiger charge is 2.20. The number of anilines is 4. The van der Waals surface area contributed by atoms with Crippen molar-refractivity contribution >= 4 is 33.9 Å². The lowest BCUT2D eigenvalue weighted by Gasteiger charge is -2.28. The SMILES string of the molecule is COc1cncc2nc(-c3ccnc(Nc4ccc(N5CCOCC5)cc4)c3)nc(NC3CCNC3)c12. The van der Waals surface area contributed by atoms with Gasteiger partial charge < -0.3 is 30.3 Å². The first kappa shape index (κ1) is 23.4. The Hall–Kier alpha value is -4.02. The van der Waals surface area contributed by atoms with Gasteiger partial charge in [-0.3, -0.25) is 4.98 Å². The van der Waals surface area contributed by atoms with E-state index in [0.29, 0.717) is 17.6 Å². The van der Waals surface area contributed by atoms with Crippen molar-refractivity contribution in [2.75, 3.05) is 62.0 Å². The van der Waals surface area contributed by atoms with E-state index in [1.807, 2.05) is 12.1 Å². The normalized spacial score (nSPS) is 17.6. The van der Waals surface area contributed by atoms with E-state index in [4.69, 9.17) is 19.4 Å². The van der Waals surface area contributed by atoms with E-state index in [1.54, 1.807) is 25.7 Å². The minimum absolute atomic E-state index is 0.291. The van der Waals surface area contributed by atoms with Gasteiger partial charge in [0.25, 0.3) is 0 Å². The molecule has 2 saturated heterocycles. The zero-order valence-corrected chi connectivity index (χ0v) is 20.8. The minimum Gasteiger partial charge on any atom is -0.494 e. The summed E-state index contributed by atoms with van der Waals surface area (Å²) in [6.45, 7) is 5.24. The molecule has 0 spiro atoms. The summed E-state index contributed by atoms with van der Waals surface area (Å²) in [6, 6.07) is 12.6. The van der Waals surface area contributed by atoms with Crippen molar-refractivity contribution < 1.29 is 9.47 Å². The van der Waals surface area contributed by atoms with Crippen LogP contribution in [0.15, 0.2) is 55.0 Å². The molecule has 0 radical (unpaired) electrons. The number of hydrogen-bond donors (Lipinski definition) is 3. The van der Waals surface area contributed by atoms with Crippen LogP contribution in [0, 0.1) is 0 Å². The number of rotatable bonds is 7. The van der Waals surface area contributed by atoms with Crippen LogP contribution in [-0.4, -0.2) is 72.5 Å². The van der Waals surface area contributed by atoms with Gasteiger partial charge in [-0.05, 0) is 49.4 Å². The Balaban J connectivity index is 1.28. The molecule has 1 atom stereocenters. The molecule has 0 bridgehead atoms. The van der Waals surface area contributed by atoms with Crippen LogP contribution in [-0.2, 0) is 4.74 Å². The van der Waals surface area contributed by atoms with Gasteiger partial charge in [-0.25, -0.2) is 15.0 Å². The summed E-state index contributed by atoms with van der Waals surface area (Å²) in [5, 5.41) is 11.2. The van der Waals surface area contributed by atoms with Gasteiger partial charge in [-0.1, -0.05) is 0 Å². The number of pyridine rings is 2. The lowest BCUT2D eigenvalue weighted by atomic mass is 10.2. The van der Waals surface area contributed by atoms with Gasteiger partial charge in [0.1, 0.15) is 17.4 Å². The van der Waals surface area contributed by atoms with E-state index in [1.165, 1.54) is 5.69 Å². The Morgan fingerprint density at radius 2 is 1.95 bits per heavy atom. The predicted molar refractivity (Wildman–Crippen MR) is 145 cm³/mol. The summed E-state index contributed by atoms with van der Waals surface area (Å²) in [4.78, 5) is 20.9. The van der Waals surface area contributed by atoms with Gasteiger partial charge in [-0.2, -0.15) is 0 Å². The Kier molecular flexibility index (Phi) is 6.66. The third-order valence-electron chi connectivity index (χ3n) is 6.73. The van der Waals surface area contributed by atoms with Crippen molar-refractivity contribution in [2.45, 2.75) is 12.5 Å². The Morgan fingerprint density at radius 1 is 1.08 bits per heavy atom. The molecule has 6 rings (SSSR count). The smallest absolute Gasteiger partial charge is 0.162 e. The third-order valence-corrected chi connectivity index (χ3v) is 6.73. The van der Waals surface area contributed by atoms with Gasteiger partial charge in [0.15, 0.2) is 5.82 Å². The molecule has 1 aromatic carbocycles. The van der Waals surface area contributed by atoms with E-state index in [-0.39, 0.29) is 0 Å². The van der Waals surface area contributed by atoms with Crippen molar-refractivity contribution in [3.8, 4) is 17.1 Å². The molecule has 37 heavy (non-hydrogen) atoms. The quantitative estimate of drug-likeness (QED) is 0.350. The van der Waals surface area contributed by atoms with Crippen molar-refractivity contribution in [2.24, 2.45) is 0 Å². The third kappa shape index (κ3) is 5.11. The molecule has 10 nitrogen and oxygen atoms in total. The monoisotopic (exact) mass is 498 g/mol. The fourth-order valence-electron chi connectivity index (χ4n) is 4.78. The maximum absolute atomic E-state index is 5.58. The molecular formula is C27H30N8O2. The summed E-state index contributed by atoms with van der Waals surface area (Å²) in [5.74, 6) is 2.72. The van der Waals surface area contributed by atoms with Crippen LogP contribution in [0.1, 0.15) is 6.42 Å². The van der Waals surface area contributed by atoms with Crippen LogP contribution in [0.2, 0.25) is 0 Å². The van der Waals surface area contributed by atoms with Gasteiger partial charge in [0.05, 0.1) is 43.6 Å². The first-order valence-electron chi connectivity index (χ1n) is 12.6. The summed E-state index contributed by atoms with van der Waals surface area (Å²) < 4.78 is 11.0. The largest absolute Gasteiger partial charge is 0.494 e. The summed E-state index contributed by atoms with van der Waals surface area (Å²) in [7, 11) is 1.64. The summed E-state index contributed by atoms with van der Waals surface area (Å²) in [6.07, 6.45) is 6.24. The number of fused-ring (bicyclic) bond motifs is 1. The van der Waals surface area contributed by atoms with E-state index in [0.717, 1.165) is 79.6 Å². The fraction of sp³-hybridized carbons (Fsp3) is 0.333. The van der Waals surface area contributed by atoms with E-state index < -0.39 is 0 Å². The summed E-state index contributed by atoms with van der Waals surface area (Å²) >= 11 is 0. The molecule has 10 heteroatoms. The van der Waals surface area contributed by atoms with Crippen molar-refractivity contribution in [1.29, 1.82) is 0 Å². The molecule has 2 fully saturated rings. The molecule has 0 amide bonds. The first-order chi connectivity index (χ1) is 18.3. The number of aromatic nitrogens is 4. The number of nitrogens with one attached hydrogen (secondary N) is 3. The summed E-state index contributed by atoms with van der Waals surface area (Å²) in [5.41, 5.74) is 3.75. The standard InChI is InChI=1S/C27H30N8O2/c1-36-23-17-29-16-22-25(23)27(32-20-7-8-28-15-20)34-26(33-22)18-6-9-30-24(14-18)31-19-2-4-21(5-3-19)35-10-12-37-13-11-35/h2-6,9,14,16-17,20,28H,7-8,10-13,15H2,1H3,(H,30,31)(H,32,33,34). The molecule has 4 aromatic rings. The molecule has 1 unspecified atom stereocenters. The van der Waals surface area contributed by atoms with Gasteiger partial charge in [0.2, 0.25) is 0 Å². The second-order valence-electron chi connectivity index (χ2n) is 9.17. The first-order valence-corrected chi connectivity index (χ1v) is 12.6. The maximum Gasteiger partial charge on any atom is 0.162 e. The molecule has 0 saturated carbocycles. The van der Waals surface area contributed by atoms with Crippen LogP contribution in [0.25, 0.3) is 22.3 Å². The molecular weight excluding hydrogens is 468 g/mol. The molecule has 2 aliphatic rings. The molecule has 2 aliphatic heterocycles. The zero-order valence-electron chi connectivity index (χ0n) is 20.8. The number of nitrogens with zero attached hydrogens (tertiary/aromatic N) is 5. The second kappa shape index (κ2) is 10.5. The highest BCUT2D eigenvalue weighted by molar-refractivity contribution is 5.95. The lowest BCUT2D eigenvalue weighted by molar-refractivity contribution is 0.122. The molecule has 190 valence electrons. The Bertz CT molecular complexity index is 1370. The van der Waals surface area contributed by atoms with Crippen LogP contribution in [0.4, 0.5) is 23.0 Å². The molecule has 3 aromatic heterocycles. The maximum atomic E-state index is 5.58. The molecule has 3 N–H and O–H groups in total. The van der Waals surface area contributed by atoms with Gasteiger partial charge >= 0.3 is 0 Å². The van der Waals surface area contributed by atoms with Crippen LogP contribution >= 0.6 is 0 Å². The Labute approximate surface area is 215 Å². The number of morpholine rings is 1. The van der Waals surface area contributed by atoms with Crippen molar-refractivity contribution in [1.82, 2.24) is 25.3 Å². The van der Waals surface area contributed by atoms with Crippen LogP contribution in [0.5, 0.6) is 5.75 Å². The second-order valence-corrected chi connectivity index (χ2v) is 9.17. The van der Waals surface area contributed by atoms with E-state index in [9.17, 15) is 0 Å². The Morgan fingerprint density at radius 3 is 2.73 bits per heavy atom. The topological polar surface area (TPSA) is 109 Å². The number of ether oxygens (including phenoxy) is 2. The number of benzene rings is 1. The van der Waals surface area contributed by atoms with Crippen molar-refractivity contribution in [3.05, 3.63) is 55.0 Å².